The Bertz CT molecular complexity index is 899. The number of aryl methyl sites for hydroxylation is 1. The molecule has 0 saturated heterocycles. The van der Waals surface area contributed by atoms with Gasteiger partial charge in [-0.1, -0.05) is 6.07 Å². The second-order valence-electron chi connectivity index (χ2n) is 5.62. The van der Waals surface area contributed by atoms with Gasteiger partial charge in [0.05, 0.1) is 12.7 Å². The Morgan fingerprint density at radius 2 is 1.92 bits per heavy atom. The lowest BCUT2D eigenvalue weighted by Gasteiger charge is -2.10. The second kappa shape index (κ2) is 8.06. The van der Waals surface area contributed by atoms with Gasteiger partial charge in [-0.2, -0.15) is 4.98 Å². The van der Waals surface area contributed by atoms with Gasteiger partial charge in [0.15, 0.2) is 0 Å². The summed E-state index contributed by atoms with van der Waals surface area (Å²) in [6.45, 7) is 2.53. The minimum absolute atomic E-state index is 0.390. The number of ether oxygens (including phenoxy) is 1. The van der Waals surface area contributed by atoms with Crippen molar-refractivity contribution < 1.29 is 9.53 Å². The number of methoxy groups -OCH3 is 1. The van der Waals surface area contributed by atoms with E-state index in [0.717, 1.165) is 11.3 Å². The molecule has 0 amide bonds. The molecule has 3 aromatic rings. The Kier molecular flexibility index (Phi) is 5.38. The first kappa shape index (κ1) is 17.3. The fourth-order valence-corrected chi connectivity index (χ4v) is 2.38. The van der Waals surface area contributed by atoms with Crippen LogP contribution in [0.1, 0.15) is 21.6 Å². The van der Waals surface area contributed by atoms with Crippen LogP contribution in [-0.2, 0) is 11.3 Å². The van der Waals surface area contributed by atoms with Crippen LogP contribution in [0.3, 0.4) is 0 Å². The van der Waals surface area contributed by atoms with Gasteiger partial charge in [0.25, 0.3) is 0 Å². The maximum Gasteiger partial charge on any atom is 0.337 e. The number of nitrogens with one attached hydrogen (secondary N) is 2. The number of nitrogens with zero attached hydrogens (tertiary/aromatic N) is 3. The number of hydrogen-bond acceptors (Lipinski definition) is 7. The zero-order valence-electron chi connectivity index (χ0n) is 14.6. The summed E-state index contributed by atoms with van der Waals surface area (Å²) in [6.07, 6.45) is 3.51. The molecule has 132 valence electrons. The Morgan fingerprint density at radius 3 is 2.69 bits per heavy atom. The fraction of sp³-hybridized carbons (Fsp3) is 0.158. The van der Waals surface area contributed by atoms with Gasteiger partial charge in [0.1, 0.15) is 5.82 Å². The van der Waals surface area contributed by atoms with E-state index in [1.807, 2.05) is 31.2 Å². The van der Waals surface area contributed by atoms with Crippen LogP contribution >= 0.6 is 0 Å². The lowest BCUT2D eigenvalue weighted by atomic mass is 10.2. The molecule has 0 unspecified atom stereocenters. The highest BCUT2D eigenvalue weighted by atomic mass is 16.5. The van der Waals surface area contributed by atoms with Gasteiger partial charge in [-0.05, 0) is 42.8 Å². The van der Waals surface area contributed by atoms with Gasteiger partial charge < -0.3 is 15.4 Å². The first-order chi connectivity index (χ1) is 12.6. The third kappa shape index (κ3) is 4.54. The van der Waals surface area contributed by atoms with Gasteiger partial charge >= 0.3 is 5.97 Å². The van der Waals surface area contributed by atoms with Crippen molar-refractivity contribution in [2.45, 2.75) is 13.5 Å². The third-order valence-corrected chi connectivity index (χ3v) is 3.62. The van der Waals surface area contributed by atoms with Crippen LogP contribution < -0.4 is 10.6 Å². The zero-order chi connectivity index (χ0) is 18.4. The fourth-order valence-electron chi connectivity index (χ4n) is 2.38. The highest BCUT2D eigenvalue weighted by molar-refractivity contribution is 5.90. The maximum atomic E-state index is 11.7. The highest BCUT2D eigenvalue weighted by Gasteiger charge is 2.07. The van der Waals surface area contributed by atoms with Crippen LogP contribution in [0.2, 0.25) is 0 Å². The summed E-state index contributed by atoms with van der Waals surface area (Å²) in [6, 6.07) is 12.8. The van der Waals surface area contributed by atoms with Crippen molar-refractivity contribution in [2.24, 2.45) is 0 Å². The molecule has 0 atom stereocenters. The van der Waals surface area contributed by atoms with E-state index < -0.39 is 5.97 Å². The van der Waals surface area contributed by atoms with Gasteiger partial charge in [0, 0.05) is 36.4 Å². The topological polar surface area (TPSA) is 89.0 Å². The molecule has 2 aromatic heterocycles. The van der Waals surface area contributed by atoms with Crippen molar-refractivity contribution in [1.29, 1.82) is 0 Å². The zero-order valence-corrected chi connectivity index (χ0v) is 14.6. The molecule has 7 heteroatoms. The average molecular weight is 349 g/mol. The molecular formula is C19H19N5O2. The van der Waals surface area contributed by atoms with E-state index in [2.05, 4.69) is 25.6 Å². The number of esters is 1. The summed E-state index contributed by atoms with van der Waals surface area (Å²) in [5.41, 5.74) is 3.10. The molecule has 0 aliphatic heterocycles. The molecule has 1 aromatic carbocycles. The Morgan fingerprint density at radius 1 is 1.12 bits per heavy atom. The molecule has 0 saturated carbocycles. The van der Waals surface area contributed by atoms with Gasteiger partial charge in [-0.25, -0.2) is 9.78 Å². The highest BCUT2D eigenvalue weighted by Crippen LogP contribution is 2.18. The van der Waals surface area contributed by atoms with Crippen LogP contribution in [0.5, 0.6) is 0 Å². The number of pyridine rings is 1. The van der Waals surface area contributed by atoms with Crippen molar-refractivity contribution in [2.75, 3.05) is 17.7 Å². The van der Waals surface area contributed by atoms with E-state index in [1.165, 1.54) is 7.11 Å². The molecule has 0 aliphatic rings. The van der Waals surface area contributed by atoms with E-state index in [1.54, 1.807) is 30.6 Å². The number of anilines is 3. The largest absolute Gasteiger partial charge is 0.465 e. The van der Waals surface area contributed by atoms with E-state index in [-0.39, 0.29) is 0 Å². The summed E-state index contributed by atoms with van der Waals surface area (Å²) in [5, 5.41) is 6.40. The third-order valence-electron chi connectivity index (χ3n) is 3.62. The molecule has 0 aliphatic carbocycles. The normalized spacial score (nSPS) is 10.2. The number of hydrogen-bond donors (Lipinski definition) is 2. The quantitative estimate of drug-likeness (QED) is 0.660. The smallest absolute Gasteiger partial charge is 0.337 e. The van der Waals surface area contributed by atoms with Crippen molar-refractivity contribution in [3.63, 3.8) is 0 Å². The molecule has 0 bridgehead atoms. The van der Waals surface area contributed by atoms with Crippen LogP contribution in [0.25, 0.3) is 0 Å². The minimum Gasteiger partial charge on any atom is -0.465 e. The lowest BCUT2D eigenvalue weighted by molar-refractivity contribution is 0.0601. The van der Waals surface area contributed by atoms with Crippen molar-refractivity contribution in [3.05, 3.63) is 71.7 Å². The standard InChI is InChI=1S/C19H19N5O2/c1-13-10-17(21-12-14-6-8-20-9-7-14)24-19(22-13)23-16-5-3-4-15(11-16)18(25)26-2/h3-11H,12H2,1-2H3,(H2,21,22,23,24). The summed E-state index contributed by atoms with van der Waals surface area (Å²) >= 11 is 0. The molecule has 2 heterocycles. The number of rotatable bonds is 6. The first-order valence-electron chi connectivity index (χ1n) is 8.08. The van der Waals surface area contributed by atoms with Crippen molar-refractivity contribution >= 4 is 23.4 Å². The average Bonchev–Trinajstić information content (AvgIpc) is 2.66. The van der Waals surface area contributed by atoms with Gasteiger partial charge in [-0.15, -0.1) is 0 Å². The van der Waals surface area contributed by atoms with Crippen molar-refractivity contribution in [3.8, 4) is 0 Å². The van der Waals surface area contributed by atoms with Crippen LogP contribution in [0.15, 0.2) is 54.9 Å². The Hall–Kier alpha value is -3.48. The van der Waals surface area contributed by atoms with E-state index in [9.17, 15) is 4.79 Å². The molecule has 26 heavy (non-hydrogen) atoms. The molecule has 3 rings (SSSR count). The molecule has 7 nitrogen and oxygen atoms in total. The number of carbonyl (C=O) groups excluding carboxylic acids is 1. The monoisotopic (exact) mass is 349 g/mol. The molecule has 0 fully saturated rings. The molecule has 0 radical (unpaired) electrons. The summed E-state index contributed by atoms with van der Waals surface area (Å²) in [7, 11) is 1.35. The van der Waals surface area contributed by atoms with Crippen LogP contribution in [0.4, 0.5) is 17.5 Å². The second-order valence-corrected chi connectivity index (χ2v) is 5.62. The maximum absolute atomic E-state index is 11.7. The Labute approximate surface area is 151 Å². The number of carbonyl (C=O) groups is 1. The summed E-state index contributed by atoms with van der Waals surface area (Å²) in [4.78, 5) is 24.5. The van der Waals surface area contributed by atoms with E-state index in [4.69, 9.17) is 4.74 Å². The van der Waals surface area contributed by atoms with Gasteiger partial charge in [-0.3, -0.25) is 4.98 Å². The summed E-state index contributed by atoms with van der Waals surface area (Å²) < 4.78 is 4.74. The van der Waals surface area contributed by atoms with E-state index in [0.29, 0.717) is 29.6 Å². The summed E-state index contributed by atoms with van der Waals surface area (Å²) in [5.74, 6) is 0.767. The molecular weight excluding hydrogens is 330 g/mol. The molecule has 2 N–H and O–H groups in total. The predicted octanol–water partition coefficient (Wildman–Crippen LogP) is 3.32. The number of benzene rings is 1. The van der Waals surface area contributed by atoms with Crippen LogP contribution in [-0.4, -0.2) is 28.0 Å². The minimum atomic E-state index is -0.390. The van der Waals surface area contributed by atoms with Gasteiger partial charge in [0.2, 0.25) is 5.95 Å². The first-order valence-corrected chi connectivity index (χ1v) is 8.08. The number of aromatic nitrogens is 3. The Balaban J connectivity index is 1.74. The predicted molar refractivity (Wildman–Crippen MR) is 99.4 cm³/mol. The van der Waals surface area contributed by atoms with Crippen molar-refractivity contribution in [1.82, 2.24) is 15.0 Å². The lowest BCUT2D eigenvalue weighted by Crippen LogP contribution is -2.06. The van der Waals surface area contributed by atoms with Crippen LogP contribution in [0, 0.1) is 6.92 Å². The van der Waals surface area contributed by atoms with E-state index >= 15 is 0 Å². The SMILES string of the molecule is COC(=O)c1cccc(Nc2nc(C)cc(NCc3ccncc3)n2)c1. The molecule has 0 spiro atoms.